The lowest BCUT2D eigenvalue weighted by molar-refractivity contribution is 0.0285. The number of carbonyl (C=O) groups is 2. The summed E-state index contributed by atoms with van der Waals surface area (Å²) in [6.45, 7) is 8.70. The van der Waals surface area contributed by atoms with Crippen LogP contribution in [0.2, 0.25) is 0 Å². The van der Waals surface area contributed by atoms with E-state index in [-0.39, 0.29) is 24.7 Å². The monoisotopic (exact) mass is 334 g/mol. The SMILES string of the molecule is C[C@H]1CN(C(=O)OC(C)(C)C)C[C@@H]1NC(=O)OCc1ccccc1. The standard InChI is InChI=1S/C18H26N2O4/c1-13-10-20(17(22)24-18(2,3)4)11-15(13)19-16(21)23-12-14-8-6-5-7-9-14/h5-9,13,15H,10-12H2,1-4H3,(H,19,21)/t13-,15-/m0/s1. The maximum atomic E-state index is 12.1. The summed E-state index contributed by atoms with van der Waals surface area (Å²) in [6.07, 6.45) is -0.821. The van der Waals surface area contributed by atoms with Crippen LogP contribution in [0.15, 0.2) is 30.3 Å². The Morgan fingerprint density at radius 3 is 2.50 bits per heavy atom. The highest BCUT2D eigenvalue weighted by molar-refractivity contribution is 5.70. The second kappa shape index (κ2) is 7.55. The maximum absolute atomic E-state index is 12.1. The lowest BCUT2D eigenvalue weighted by Crippen LogP contribution is -2.41. The molecule has 1 saturated heterocycles. The van der Waals surface area contributed by atoms with E-state index in [0.717, 1.165) is 5.56 Å². The van der Waals surface area contributed by atoms with E-state index in [1.807, 2.05) is 58.0 Å². The summed E-state index contributed by atoms with van der Waals surface area (Å²) in [5.74, 6) is 0.141. The Bertz CT molecular complexity index is 568. The number of hydrogen-bond donors (Lipinski definition) is 1. The van der Waals surface area contributed by atoms with Crippen molar-refractivity contribution in [3.05, 3.63) is 35.9 Å². The molecule has 6 nitrogen and oxygen atoms in total. The molecule has 0 unspecified atom stereocenters. The van der Waals surface area contributed by atoms with Crippen LogP contribution in [0.1, 0.15) is 33.3 Å². The Labute approximate surface area is 143 Å². The number of amides is 2. The number of ether oxygens (including phenoxy) is 2. The minimum absolute atomic E-state index is 0.138. The molecule has 0 bridgehead atoms. The first kappa shape index (κ1) is 18.1. The number of rotatable bonds is 3. The van der Waals surface area contributed by atoms with Gasteiger partial charge in [0, 0.05) is 13.1 Å². The molecule has 132 valence electrons. The minimum Gasteiger partial charge on any atom is -0.445 e. The predicted octanol–water partition coefficient (Wildman–Crippen LogP) is 3.17. The van der Waals surface area contributed by atoms with Crippen LogP contribution >= 0.6 is 0 Å². The fraction of sp³-hybridized carbons (Fsp3) is 0.556. The Hall–Kier alpha value is -2.24. The minimum atomic E-state index is -0.527. The number of nitrogens with one attached hydrogen (secondary N) is 1. The van der Waals surface area contributed by atoms with Gasteiger partial charge in [-0.05, 0) is 32.3 Å². The molecule has 6 heteroatoms. The van der Waals surface area contributed by atoms with Crippen molar-refractivity contribution >= 4 is 12.2 Å². The number of alkyl carbamates (subject to hydrolysis) is 1. The van der Waals surface area contributed by atoms with Crippen LogP contribution in [-0.4, -0.2) is 41.8 Å². The van der Waals surface area contributed by atoms with Gasteiger partial charge in [0.05, 0.1) is 6.04 Å². The molecule has 0 spiro atoms. The van der Waals surface area contributed by atoms with E-state index in [1.54, 1.807) is 4.90 Å². The molecular weight excluding hydrogens is 308 g/mol. The van der Waals surface area contributed by atoms with E-state index < -0.39 is 11.7 Å². The highest BCUT2D eigenvalue weighted by Crippen LogP contribution is 2.19. The van der Waals surface area contributed by atoms with Crippen LogP contribution in [0.25, 0.3) is 0 Å². The molecule has 2 amide bonds. The van der Waals surface area contributed by atoms with Gasteiger partial charge >= 0.3 is 12.2 Å². The van der Waals surface area contributed by atoms with Gasteiger partial charge in [-0.25, -0.2) is 9.59 Å². The van der Waals surface area contributed by atoms with Gasteiger partial charge in [-0.1, -0.05) is 37.3 Å². The molecule has 2 rings (SSSR count). The molecule has 1 aliphatic heterocycles. The van der Waals surface area contributed by atoms with Crippen LogP contribution < -0.4 is 5.32 Å². The summed E-state index contributed by atoms with van der Waals surface area (Å²) < 4.78 is 10.6. The first-order valence-electron chi connectivity index (χ1n) is 8.20. The van der Waals surface area contributed by atoms with Crippen LogP contribution in [0.4, 0.5) is 9.59 Å². The third-order valence-electron chi connectivity index (χ3n) is 3.78. The van der Waals surface area contributed by atoms with Crippen molar-refractivity contribution in [2.75, 3.05) is 13.1 Å². The van der Waals surface area contributed by atoms with E-state index in [9.17, 15) is 9.59 Å². The quantitative estimate of drug-likeness (QED) is 0.922. The molecule has 1 aliphatic rings. The van der Waals surface area contributed by atoms with Gasteiger partial charge in [0.25, 0.3) is 0 Å². The molecule has 0 aromatic heterocycles. The topological polar surface area (TPSA) is 67.9 Å². The van der Waals surface area contributed by atoms with Crippen molar-refractivity contribution in [3.8, 4) is 0 Å². The van der Waals surface area contributed by atoms with E-state index >= 15 is 0 Å². The Balaban J connectivity index is 1.80. The summed E-state index contributed by atoms with van der Waals surface area (Å²) in [7, 11) is 0. The Morgan fingerprint density at radius 1 is 1.21 bits per heavy atom. The molecule has 0 radical (unpaired) electrons. The predicted molar refractivity (Wildman–Crippen MR) is 90.5 cm³/mol. The zero-order valence-electron chi connectivity index (χ0n) is 14.7. The summed E-state index contributed by atoms with van der Waals surface area (Å²) in [5.41, 5.74) is 0.406. The summed E-state index contributed by atoms with van der Waals surface area (Å²) in [5, 5.41) is 2.84. The summed E-state index contributed by atoms with van der Waals surface area (Å²) in [6, 6.07) is 9.36. The molecular formula is C18H26N2O4. The molecule has 0 saturated carbocycles. The largest absolute Gasteiger partial charge is 0.445 e. The number of benzene rings is 1. The fourth-order valence-corrected chi connectivity index (χ4v) is 2.55. The van der Waals surface area contributed by atoms with Crippen molar-refractivity contribution in [2.45, 2.75) is 45.9 Å². The van der Waals surface area contributed by atoms with Crippen molar-refractivity contribution in [1.82, 2.24) is 10.2 Å². The maximum Gasteiger partial charge on any atom is 0.410 e. The zero-order chi connectivity index (χ0) is 17.7. The average Bonchev–Trinajstić information content (AvgIpc) is 2.86. The van der Waals surface area contributed by atoms with Gasteiger partial charge in [-0.3, -0.25) is 0 Å². The first-order valence-corrected chi connectivity index (χ1v) is 8.20. The van der Waals surface area contributed by atoms with Gasteiger partial charge in [0.2, 0.25) is 0 Å². The van der Waals surface area contributed by atoms with E-state index in [4.69, 9.17) is 9.47 Å². The molecule has 24 heavy (non-hydrogen) atoms. The van der Waals surface area contributed by atoms with Gasteiger partial charge < -0.3 is 19.7 Å². The average molecular weight is 334 g/mol. The third kappa shape index (κ3) is 5.44. The third-order valence-corrected chi connectivity index (χ3v) is 3.78. The van der Waals surface area contributed by atoms with Crippen molar-refractivity contribution in [2.24, 2.45) is 5.92 Å². The highest BCUT2D eigenvalue weighted by Gasteiger charge is 2.35. The number of likely N-dealkylation sites (tertiary alicyclic amines) is 1. The lowest BCUT2D eigenvalue weighted by Gasteiger charge is -2.24. The van der Waals surface area contributed by atoms with E-state index in [0.29, 0.717) is 13.1 Å². The molecule has 1 N–H and O–H groups in total. The highest BCUT2D eigenvalue weighted by atomic mass is 16.6. The van der Waals surface area contributed by atoms with Gasteiger partial charge in [-0.2, -0.15) is 0 Å². The van der Waals surface area contributed by atoms with E-state index in [2.05, 4.69) is 5.32 Å². The van der Waals surface area contributed by atoms with Gasteiger partial charge in [0.15, 0.2) is 0 Å². The van der Waals surface area contributed by atoms with Gasteiger partial charge in [-0.15, -0.1) is 0 Å². The lowest BCUT2D eigenvalue weighted by atomic mass is 10.1. The molecule has 0 aliphatic carbocycles. The summed E-state index contributed by atoms with van der Waals surface area (Å²) in [4.78, 5) is 25.7. The Morgan fingerprint density at radius 2 is 1.88 bits per heavy atom. The normalized spacial score (nSPS) is 20.6. The molecule has 1 heterocycles. The molecule has 1 fully saturated rings. The zero-order valence-corrected chi connectivity index (χ0v) is 14.7. The smallest absolute Gasteiger partial charge is 0.410 e. The van der Waals surface area contributed by atoms with Crippen molar-refractivity contribution in [3.63, 3.8) is 0 Å². The van der Waals surface area contributed by atoms with Crippen molar-refractivity contribution < 1.29 is 19.1 Å². The first-order chi connectivity index (χ1) is 11.2. The Kier molecular flexibility index (Phi) is 5.70. The number of carbonyl (C=O) groups excluding carboxylic acids is 2. The molecule has 1 aromatic carbocycles. The number of hydrogen-bond acceptors (Lipinski definition) is 4. The molecule has 1 aromatic rings. The number of nitrogens with zero attached hydrogens (tertiary/aromatic N) is 1. The van der Waals surface area contributed by atoms with Crippen molar-refractivity contribution in [1.29, 1.82) is 0 Å². The fourth-order valence-electron chi connectivity index (χ4n) is 2.55. The van der Waals surface area contributed by atoms with Crippen LogP contribution in [0.5, 0.6) is 0 Å². The van der Waals surface area contributed by atoms with Gasteiger partial charge in [0.1, 0.15) is 12.2 Å². The van der Waals surface area contributed by atoms with Crippen LogP contribution in [-0.2, 0) is 16.1 Å². The van der Waals surface area contributed by atoms with Crippen LogP contribution in [0.3, 0.4) is 0 Å². The second-order valence-electron chi connectivity index (χ2n) is 7.18. The van der Waals surface area contributed by atoms with E-state index in [1.165, 1.54) is 0 Å². The summed E-state index contributed by atoms with van der Waals surface area (Å²) >= 11 is 0. The van der Waals surface area contributed by atoms with Crippen LogP contribution in [0, 0.1) is 5.92 Å². The second-order valence-corrected chi connectivity index (χ2v) is 7.18. The molecule has 2 atom stereocenters.